The molecule has 2 aliphatic rings. The topological polar surface area (TPSA) is 36.4 Å². The fraction of sp³-hybridized carbons (Fsp3) is 0.417. The van der Waals surface area contributed by atoms with Crippen LogP contribution in [0.25, 0.3) is 0 Å². The van der Waals surface area contributed by atoms with Crippen LogP contribution in [0.15, 0.2) is 40.6 Å². The lowest BCUT2D eigenvalue weighted by molar-refractivity contribution is 0.395. The first kappa shape index (κ1) is 11.1. The van der Waals surface area contributed by atoms with Crippen LogP contribution in [0.3, 0.4) is 0 Å². The molecular formula is C12H15N3OS. The van der Waals surface area contributed by atoms with Gasteiger partial charge in [0.15, 0.2) is 0 Å². The van der Waals surface area contributed by atoms with Gasteiger partial charge in [-0.25, -0.2) is 13.5 Å². The number of likely N-dealkylation sites (N-methyl/N-ethyl adjacent to an activating group) is 1. The van der Waals surface area contributed by atoms with E-state index in [1.807, 2.05) is 22.5 Å². The monoisotopic (exact) mass is 249 g/mol. The van der Waals surface area contributed by atoms with E-state index < -0.39 is 11.0 Å². The second kappa shape index (κ2) is 4.33. The van der Waals surface area contributed by atoms with Crippen LogP contribution in [-0.4, -0.2) is 51.6 Å². The number of hydrogen-bond acceptors (Lipinski definition) is 3. The van der Waals surface area contributed by atoms with Gasteiger partial charge in [-0.3, -0.25) is 4.90 Å². The van der Waals surface area contributed by atoms with E-state index >= 15 is 0 Å². The fourth-order valence-corrected chi connectivity index (χ4v) is 3.59. The first-order chi connectivity index (χ1) is 8.24. The smallest absolute Gasteiger partial charge is 0.147 e. The minimum Gasteiger partial charge on any atom is -0.298 e. The van der Waals surface area contributed by atoms with Crippen molar-refractivity contribution in [3.05, 3.63) is 35.5 Å². The molecule has 4 nitrogen and oxygen atoms in total. The predicted octanol–water partition coefficient (Wildman–Crippen LogP) is 0.662. The summed E-state index contributed by atoms with van der Waals surface area (Å²) < 4.78 is 14.3. The van der Waals surface area contributed by atoms with Gasteiger partial charge in [-0.1, -0.05) is 6.07 Å². The Bertz CT molecular complexity index is 468. The van der Waals surface area contributed by atoms with Gasteiger partial charge in [-0.15, -0.1) is 0 Å². The molecule has 3 heterocycles. The van der Waals surface area contributed by atoms with E-state index in [4.69, 9.17) is 0 Å². The zero-order chi connectivity index (χ0) is 11.8. The van der Waals surface area contributed by atoms with E-state index in [1.165, 1.54) is 11.1 Å². The van der Waals surface area contributed by atoms with Gasteiger partial charge in [0, 0.05) is 32.4 Å². The molecule has 0 aliphatic carbocycles. The number of pyridine rings is 1. The van der Waals surface area contributed by atoms with Gasteiger partial charge in [0.1, 0.15) is 16.0 Å². The molecule has 5 heteroatoms. The molecule has 0 saturated carbocycles. The Balaban J connectivity index is 1.72. The van der Waals surface area contributed by atoms with Gasteiger partial charge in [-0.2, -0.15) is 0 Å². The van der Waals surface area contributed by atoms with E-state index in [-0.39, 0.29) is 0 Å². The highest BCUT2D eigenvalue weighted by Crippen LogP contribution is 2.26. The lowest BCUT2D eigenvalue weighted by atomic mass is 10.2. The van der Waals surface area contributed by atoms with Crippen LogP contribution < -0.4 is 0 Å². The fourth-order valence-electron chi connectivity index (χ4n) is 2.44. The molecule has 1 aromatic rings. The van der Waals surface area contributed by atoms with Crippen molar-refractivity contribution in [1.82, 2.24) is 14.2 Å². The lowest BCUT2D eigenvalue weighted by Crippen LogP contribution is -2.29. The van der Waals surface area contributed by atoms with Crippen LogP contribution >= 0.6 is 0 Å². The molecule has 1 atom stereocenters. The SMILES string of the molecule is CN1CC2=C(C1)CN(S(=O)c1ccccn1)C2. The first-order valence-electron chi connectivity index (χ1n) is 5.70. The summed E-state index contributed by atoms with van der Waals surface area (Å²) in [5, 5.41) is 0.655. The minimum atomic E-state index is -1.12. The quantitative estimate of drug-likeness (QED) is 0.723. The van der Waals surface area contributed by atoms with Crippen molar-refractivity contribution in [2.24, 2.45) is 0 Å². The molecule has 0 radical (unpaired) electrons. The van der Waals surface area contributed by atoms with Crippen LogP contribution in [0, 0.1) is 0 Å². The molecule has 1 unspecified atom stereocenters. The zero-order valence-electron chi connectivity index (χ0n) is 9.80. The molecule has 17 heavy (non-hydrogen) atoms. The summed E-state index contributed by atoms with van der Waals surface area (Å²) in [6, 6.07) is 5.55. The maximum Gasteiger partial charge on any atom is 0.147 e. The summed E-state index contributed by atoms with van der Waals surface area (Å²) in [5.74, 6) is 0. The Labute approximate surface area is 104 Å². The largest absolute Gasteiger partial charge is 0.298 e. The molecule has 0 aromatic carbocycles. The third-order valence-electron chi connectivity index (χ3n) is 3.21. The second-order valence-electron chi connectivity index (χ2n) is 4.59. The molecule has 3 rings (SSSR count). The molecule has 0 saturated heterocycles. The first-order valence-corrected chi connectivity index (χ1v) is 6.81. The van der Waals surface area contributed by atoms with E-state index in [0.717, 1.165) is 26.2 Å². The van der Waals surface area contributed by atoms with Crippen LogP contribution in [-0.2, 0) is 11.0 Å². The number of hydrogen-bond donors (Lipinski definition) is 0. The van der Waals surface area contributed by atoms with E-state index in [0.29, 0.717) is 5.03 Å². The average molecular weight is 249 g/mol. The van der Waals surface area contributed by atoms with Crippen molar-refractivity contribution in [2.45, 2.75) is 5.03 Å². The van der Waals surface area contributed by atoms with Gasteiger partial charge in [0.25, 0.3) is 0 Å². The Morgan fingerprint density at radius 3 is 2.47 bits per heavy atom. The highest BCUT2D eigenvalue weighted by Gasteiger charge is 2.31. The molecular weight excluding hydrogens is 234 g/mol. The second-order valence-corrected chi connectivity index (χ2v) is 6.03. The predicted molar refractivity (Wildman–Crippen MR) is 66.7 cm³/mol. The summed E-state index contributed by atoms with van der Waals surface area (Å²) in [4.78, 5) is 6.46. The Morgan fingerprint density at radius 2 is 1.88 bits per heavy atom. The van der Waals surface area contributed by atoms with Crippen LogP contribution in [0.1, 0.15) is 0 Å². The summed E-state index contributed by atoms with van der Waals surface area (Å²) in [5.41, 5.74) is 2.88. The third kappa shape index (κ3) is 2.06. The molecule has 0 fully saturated rings. The highest BCUT2D eigenvalue weighted by molar-refractivity contribution is 7.82. The minimum absolute atomic E-state index is 0.655. The summed E-state index contributed by atoms with van der Waals surface area (Å²) in [6.07, 6.45) is 1.69. The zero-order valence-corrected chi connectivity index (χ0v) is 10.6. The van der Waals surface area contributed by atoms with Gasteiger partial charge >= 0.3 is 0 Å². The molecule has 0 amide bonds. The molecule has 90 valence electrons. The van der Waals surface area contributed by atoms with Crippen LogP contribution in [0.2, 0.25) is 0 Å². The standard InChI is InChI=1S/C12H15N3OS/c1-14-6-10-8-15(9-11(10)7-14)17(16)12-4-2-3-5-13-12/h2-5H,6-9H2,1H3. The van der Waals surface area contributed by atoms with E-state index in [2.05, 4.69) is 16.9 Å². The highest BCUT2D eigenvalue weighted by atomic mass is 32.2. The molecule has 0 bridgehead atoms. The van der Waals surface area contributed by atoms with Crippen molar-refractivity contribution in [3.63, 3.8) is 0 Å². The van der Waals surface area contributed by atoms with Crippen molar-refractivity contribution < 1.29 is 4.21 Å². The Morgan fingerprint density at radius 1 is 1.18 bits per heavy atom. The van der Waals surface area contributed by atoms with Gasteiger partial charge in [0.2, 0.25) is 0 Å². The molecule has 0 N–H and O–H groups in total. The summed E-state index contributed by atoms with van der Waals surface area (Å²) in [6.45, 7) is 3.68. The van der Waals surface area contributed by atoms with Crippen molar-refractivity contribution in [3.8, 4) is 0 Å². The molecule has 1 aromatic heterocycles. The van der Waals surface area contributed by atoms with Gasteiger partial charge in [-0.05, 0) is 30.3 Å². The number of aromatic nitrogens is 1. The maximum absolute atomic E-state index is 12.3. The van der Waals surface area contributed by atoms with E-state index in [9.17, 15) is 4.21 Å². The van der Waals surface area contributed by atoms with Gasteiger partial charge < -0.3 is 0 Å². The Kier molecular flexibility index (Phi) is 2.82. The lowest BCUT2D eigenvalue weighted by Gasteiger charge is -2.18. The molecule has 2 aliphatic heterocycles. The van der Waals surface area contributed by atoms with Crippen molar-refractivity contribution in [1.29, 1.82) is 0 Å². The maximum atomic E-state index is 12.3. The molecule has 0 spiro atoms. The van der Waals surface area contributed by atoms with Crippen LogP contribution in [0.5, 0.6) is 0 Å². The average Bonchev–Trinajstić information content (AvgIpc) is 2.86. The summed E-state index contributed by atoms with van der Waals surface area (Å²) >= 11 is 0. The number of rotatable bonds is 2. The Hall–Kier alpha value is -1.04. The van der Waals surface area contributed by atoms with Gasteiger partial charge in [0.05, 0.1) is 0 Å². The van der Waals surface area contributed by atoms with E-state index in [1.54, 1.807) is 6.20 Å². The van der Waals surface area contributed by atoms with Crippen molar-refractivity contribution in [2.75, 3.05) is 33.2 Å². The third-order valence-corrected chi connectivity index (χ3v) is 4.53. The normalized spacial score (nSPS) is 23.1. The number of nitrogens with zero attached hydrogens (tertiary/aromatic N) is 3. The summed E-state index contributed by atoms with van der Waals surface area (Å²) in [7, 11) is 1.01. The van der Waals surface area contributed by atoms with Crippen molar-refractivity contribution >= 4 is 11.0 Å². The van der Waals surface area contributed by atoms with Crippen LogP contribution in [0.4, 0.5) is 0 Å².